The van der Waals surface area contributed by atoms with Gasteiger partial charge in [0.1, 0.15) is 12.7 Å². The van der Waals surface area contributed by atoms with Crippen LogP contribution in [0.3, 0.4) is 0 Å². The molecule has 0 saturated heterocycles. The van der Waals surface area contributed by atoms with E-state index in [2.05, 4.69) is 35.5 Å². The minimum absolute atomic E-state index is 0.0546. The van der Waals surface area contributed by atoms with Gasteiger partial charge in [-0.3, -0.25) is 4.68 Å². The number of aryl methyl sites for hydroxylation is 1. The third-order valence-electron chi connectivity index (χ3n) is 2.17. The van der Waals surface area contributed by atoms with Gasteiger partial charge in [-0.2, -0.15) is 29.8 Å². The predicted octanol–water partition coefficient (Wildman–Crippen LogP) is 0.583. The molecule has 3 rings (SSSR count). The first kappa shape index (κ1) is 11.5. The molecule has 0 aliphatic rings. The van der Waals surface area contributed by atoms with E-state index in [0.29, 0.717) is 5.82 Å². The number of rotatable bonds is 3. The maximum atomic E-state index is 5.85. The average Bonchev–Trinajstić information content (AvgIpc) is 3.00. The summed E-state index contributed by atoms with van der Waals surface area (Å²) in [6, 6.07) is 1.78. The van der Waals surface area contributed by atoms with Crippen LogP contribution in [0, 0.1) is 0 Å². The van der Waals surface area contributed by atoms with E-state index in [-0.39, 0.29) is 17.2 Å². The fourth-order valence-electron chi connectivity index (χ4n) is 1.41. The number of halogens is 1. The van der Waals surface area contributed by atoms with Gasteiger partial charge in [0.2, 0.25) is 11.2 Å². The molecule has 0 atom stereocenters. The minimum atomic E-state index is 0.0546. The van der Waals surface area contributed by atoms with Gasteiger partial charge in [0.15, 0.2) is 5.82 Å². The summed E-state index contributed by atoms with van der Waals surface area (Å²) in [7, 11) is 1.81. The molecule has 0 radical (unpaired) electrons. The fourth-order valence-corrected chi connectivity index (χ4v) is 1.56. The molecular formula is C9H8ClN9. The zero-order valence-electron chi connectivity index (χ0n) is 9.77. The lowest BCUT2D eigenvalue weighted by atomic mass is 10.6. The lowest BCUT2D eigenvalue weighted by Gasteiger charge is -2.03. The van der Waals surface area contributed by atoms with Crippen LogP contribution in [0.1, 0.15) is 0 Å². The Balaban J connectivity index is 1.94. The van der Waals surface area contributed by atoms with Crippen LogP contribution in [0.4, 0.5) is 11.8 Å². The SMILES string of the molecule is Cn1ccc(Nc2nc(Cl)nc(-n3cncn3)n2)n1. The lowest BCUT2D eigenvalue weighted by molar-refractivity contribution is 0.769. The Morgan fingerprint density at radius 1 is 1.26 bits per heavy atom. The van der Waals surface area contributed by atoms with Crippen molar-refractivity contribution in [3.8, 4) is 5.95 Å². The first-order valence-electron chi connectivity index (χ1n) is 5.24. The van der Waals surface area contributed by atoms with Gasteiger partial charge in [-0.1, -0.05) is 0 Å². The van der Waals surface area contributed by atoms with Crippen LogP contribution < -0.4 is 5.32 Å². The summed E-state index contributed by atoms with van der Waals surface area (Å²) in [5.74, 6) is 1.16. The average molecular weight is 278 g/mol. The molecule has 3 aromatic rings. The number of hydrogen-bond donors (Lipinski definition) is 1. The van der Waals surface area contributed by atoms with Crippen LogP contribution in [0.5, 0.6) is 0 Å². The second-order valence-electron chi connectivity index (χ2n) is 3.57. The van der Waals surface area contributed by atoms with Crippen molar-refractivity contribution in [1.29, 1.82) is 0 Å². The van der Waals surface area contributed by atoms with Crippen molar-refractivity contribution in [2.24, 2.45) is 7.05 Å². The van der Waals surface area contributed by atoms with Crippen LogP contribution in [-0.4, -0.2) is 39.5 Å². The molecule has 0 unspecified atom stereocenters. The van der Waals surface area contributed by atoms with Gasteiger partial charge in [0, 0.05) is 19.3 Å². The van der Waals surface area contributed by atoms with Crippen LogP contribution >= 0.6 is 11.6 Å². The topological polar surface area (TPSA) is 99.2 Å². The standard InChI is InChI=1S/C9H8ClN9/c1-18-3-2-6(17-18)13-8-14-7(10)15-9(16-8)19-5-11-4-12-19/h2-5H,1H3,(H,13,14,15,16,17). The quantitative estimate of drug-likeness (QED) is 0.747. The molecule has 0 saturated carbocycles. The zero-order valence-corrected chi connectivity index (χ0v) is 10.5. The molecule has 0 aliphatic carbocycles. The lowest BCUT2D eigenvalue weighted by Crippen LogP contribution is -2.07. The van der Waals surface area contributed by atoms with Crippen molar-refractivity contribution in [2.75, 3.05) is 5.32 Å². The maximum absolute atomic E-state index is 5.85. The van der Waals surface area contributed by atoms with E-state index < -0.39 is 0 Å². The molecule has 0 amide bonds. The largest absolute Gasteiger partial charge is 0.307 e. The monoisotopic (exact) mass is 277 g/mol. The molecule has 19 heavy (non-hydrogen) atoms. The maximum Gasteiger partial charge on any atom is 0.258 e. The van der Waals surface area contributed by atoms with Crippen molar-refractivity contribution >= 4 is 23.4 Å². The first-order chi connectivity index (χ1) is 9.20. The van der Waals surface area contributed by atoms with E-state index in [4.69, 9.17) is 11.6 Å². The molecule has 9 nitrogen and oxygen atoms in total. The summed E-state index contributed by atoms with van der Waals surface area (Å²) >= 11 is 5.85. The molecular weight excluding hydrogens is 270 g/mol. The summed E-state index contributed by atoms with van der Waals surface area (Å²) in [6.45, 7) is 0. The highest BCUT2D eigenvalue weighted by atomic mass is 35.5. The molecule has 1 N–H and O–H groups in total. The molecule has 0 fully saturated rings. The second-order valence-corrected chi connectivity index (χ2v) is 3.91. The van der Waals surface area contributed by atoms with Crippen LogP contribution in [0.25, 0.3) is 5.95 Å². The summed E-state index contributed by atoms with van der Waals surface area (Å²) in [5.41, 5.74) is 0. The summed E-state index contributed by atoms with van der Waals surface area (Å²) in [6.07, 6.45) is 4.64. The van der Waals surface area contributed by atoms with Gasteiger partial charge in [-0.15, -0.1) is 0 Å². The van der Waals surface area contributed by atoms with Crippen molar-refractivity contribution in [1.82, 2.24) is 39.5 Å². The first-order valence-corrected chi connectivity index (χ1v) is 5.62. The number of nitrogens with one attached hydrogen (secondary N) is 1. The minimum Gasteiger partial charge on any atom is -0.307 e. The molecule has 0 aromatic carbocycles. The Kier molecular flexibility index (Phi) is 2.80. The van der Waals surface area contributed by atoms with Crippen molar-refractivity contribution in [3.63, 3.8) is 0 Å². The van der Waals surface area contributed by atoms with E-state index in [1.165, 1.54) is 17.3 Å². The molecule has 0 spiro atoms. The molecule has 3 aromatic heterocycles. The Morgan fingerprint density at radius 3 is 2.84 bits per heavy atom. The van der Waals surface area contributed by atoms with Gasteiger partial charge in [0.05, 0.1) is 0 Å². The number of aromatic nitrogens is 8. The highest BCUT2D eigenvalue weighted by molar-refractivity contribution is 6.28. The van der Waals surface area contributed by atoms with Crippen LogP contribution in [-0.2, 0) is 7.05 Å². The van der Waals surface area contributed by atoms with Crippen molar-refractivity contribution < 1.29 is 0 Å². The summed E-state index contributed by atoms with van der Waals surface area (Å²) in [5, 5.41) is 11.1. The molecule has 0 aliphatic heterocycles. The van der Waals surface area contributed by atoms with Crippen LogP contribution in [0.15, 0.2) is 24.9 Å². The normalized spacial score (nSPS) is 10.6. The Bertz CT molecular complexity index is 690. The van der Waals surface area contributed by atoms with Gasteiger partial charge < -0.3 is 5.32 Å². The van der Waals surface area contributed by atoms with Gasteiger partial charge in [-0.05, 0) is 11.6 Å². The van der Waals surface area contributed by atoms with Gasteiger partial charge >= 0.3 is 0 Å². The molecule has 0 bridgehead atoms. The van der Waals surface area contributed by atoms with Crippen molar-refractivity contribution in [3.05, 3.63) is 30.2 Å². The van der Waals surface area contributed by atoms with Crippen molar-refractivity contribution in [2.45, 2.75) is 0 Å². The van der Waals surface area contributed by atoms with E-state index in [1.807, 2.05) is 7.05 Å². The zero-order chi connectivity index (χ0) is 13.2. The highest BCUT2D eigenvalue weighted by Crippen LogP contribution is 2.13. The summed E-state index contributed by atoms with van der Waals surface area (Å²) < 4.78 is 3.04. The van der Waals surface area contributed by atoms with E-state index in [1.54, 1.807) is 16.9 Å². The predicted molar refractivity (Wildman–Crippen MR) is 66.2 cm³/mol. The smallest absolute Gasteiger partial charge is 0.258 e. The van der Waals surface area contributed by atoms with E-state index in [0.717, 1.165) is 0 Å². The Hall–Kier alpha value is -2.55. The Labute approximate surface area is 112 Å². The van der Waals surface area contributed by atoms with E-state index in [9.17, 15) is 0 Å². The van der Waals surface area contributed by atoms with Gasteiger partial charge in [-0.25, -0.2) is 4.98 Å². The molecule has 3 heterocycles. The Morgan fingerprint density at radius 2 is 2.16 bits per heavy atom. The third kappa shape index (κ3) is 2.50. The van der Waals surface area contributed by atoms with E-state index >= 15 is 0 Å². The fraction of sp³-hybridized carbons (Fsp3) is 0.111. The number of hydrogen-bond acceptors (Lipinski definition) is 7. The number of nitrogens with zero attached hydrogens (tertiary/aromatic N) is 8. The molecule has 10 heteroatoms. The third-order valence-corrected chi connectivity index (χ3v) is 2.34. The van der Waals surface area contributed by atoms with Gasteiger partial charge in [0.25, 0.3) is 5.95 Å². The molecule has 96 valence electrons. The second kappa shape index (κ2) is 4.61. The highest BCUT2D eigenvalue weighted by Gasteiger charge is 2.08. The van der Waals surface area contributed by atoms with Crippen LogP contribution in [0.2, 0.25) is 5.28 Å². The number of anilines is 2. The summed E-state index contributed by atoms with van der Waals surface area (Å²) in [4.78, 5) is 15.9.